The number of nitrogens with two attached hydrogens (primary N) is 1. The number of carbonyl (C=O) groups is 1. The summed E-state index contributed by atoms with van der Waals surface area (Å²) in [6.45, 7) is 1.45. The van der Waals surface area contributed by atoms with Crippen LogP contribution in [0.4, 0.5) is 22.7 Å². The van der Waals surface area contributed by atoms with E-state index in [2.05, 4.69) is 10.3 Å². The Morgan fingerprint density at radius 2 is 1.59 bits per heavy atom. The van der Waals surface area contributed by atoms with Crippen LogP contribution in [0.2, 0.25) is 0 Å². The first-order valence-corrected chi connectivity index (χ1v) is 10.9. The maximum absolute atomic E-state index is 12.2. The number of benzene rings is 3. The minimum atomic E-state index is -0.238. The Labute approximate surface area is 190 Å². The predicted octanol–water partition coefficient (Wildman–Crippen LogP) is 5.88. The number of nitrogens with zero attached hydrogens (tertiary/aromatic N) is 2. The fourth-order valence-electron chi connectivity index (χ4n) is 2.97. The first kappa shape index (κ1) is 21.1. The van der Waals surface area contributed by atoms with Crippen molar-refractivity contribution in [1.82, 2.24) is 0 Å². The van der Waals surface area contributed by atoms with Crippen LogP contribution in [0, 0.1) is 0 Å². The van der Waals surface area contributed by atoms with E-state index in [0.29, 0.717) is 23.0 Å². The molecule has 0 unspecified atom stereocenters. The predicted molar refractivity (Wildman–Crippen MR) is 131 cm³/mol. The zero-order valence-electron chi connectivity index (χ0n) is 17.4. The second kappa shape index (κ2) is 9.80. The third kappa shape index (κ3) is 5.33. The molecule has 32 heavy (non-hydrogen) atoms. The molecule has 1 aromatic heterocycles. The number of aliphatic imine (C=N–C) groups is 1. The molecule has 1 heterocycles. The Bertz CT molecular complexity index is 1190. The fourth-order valence-corrected chi connectivity index (χ4v) is 3.60. The second-order valence-corrected chi connectivity index (χ2v) is 7.86. The molecule has 0 aliphatic heterocycles. The number of hydrogen-bond acceptors (Lipinski definition) is 5. The quantitative estimate of drug-likeness (QED) is 0.213. The Morgan fingerprint density at radius 1 is 0.906 bits per heavy atom. The minimum absolute atomic E-state index is 0.238. The van der Waals surface area contributed by atoms with Gasteiger partial charge in [0, 0.05) is 18.3 Å². The molecule has 0 spiro atoms. The van der Waals surface area contributed by atoms with Gasteiger partial charge in [-0.15, -0.1) is 16.4 Å². The van der Waals surface area contributed by atoms with Gasteiger partial charge in [-0.2, -0.15) is 0 Å². The number of para-hydroxylation sites is 1. The number of amides is 1. The zero-order valence-corrected chi connectivity index (χ0v) is 18.3. The third-order valence-electron chi connectivity index (χ3n) is 4.51. The van der Waals surface area contributed by atoms with Crippen molar-refractivity contribution in [3.8, 4) is 5.75 Å². The van der Waals surface area contributed by atoms with E-state index in [1.165, 1.54) is 23.3 Å². The Kier molecular flexibility index (Phi) is 6.48. The van der Waals surface area contributed by atoms with Crippen LogP contribution in [0.25, 0.3) is 0 Å². The molecular weight excluding hydrogens is 420 g/mol. The maximum Gasteiger partial charge on any atom is 0.256 e. The lowest BCUT2D eigenvalue weighted by Crippen LogP contribution is -2.32. The molecule has 0 aliphatic rings. The molecule has 0 aliphatic carbocycles. The summed E-state index contributed by atoms with van der Waals surface area (Å²) >= 11 is 1.53. The molecule has 0 saturated carbocycles. The number of carbonyl (C=O) groups excluding carboxylic acids is 1. The van der Waals surface area contributed by atoms with Crippen LogP contribution in [0.3, 0.4) is 0 Å². The maximum atomic E-state index is 12.2. The highest BCUT2D eigenvalue weighted by molar-refractivity contribution is 7.12. The SMILES string of the molecule is CC(=O)N(Oc1ccc(N=C(N)c2cccs2)cc1)c1ccc(Nc2ccccc2)cc1. The van der Waals surface area contributed by atoms with E-state index in [1.807, 2.05) is 72.1 Å². The second-order valence-electron chi connectivity index (χ2n) is 6.91. The van der Waals surface area contributed by atoms with Crippen molar-refractivity contribution in [2.75, 3.05) is 10.4 Å². The summed E-state index contributed by atoms with van der Waals surface area (Å²) in [5.74, 6) is 0.737. The van der Waals surface area contributed by atoms with E-state index in [0.717, 1.165) is 16.3 Å². The minimum Gasteiger partial charge on any atom is -0.383 e. The molecule has 7 heteroatoms. The highest BCUT2D eigenvalue weighted by Gasteiger charge is 2.14. The molecule has 0 atom stereocenters. The van der Waals surface area contributed by atoms with E-state index in [1.54, 1.807) is 24.3 Å². The van der Waals surface area contributed by atoms with Gasteiger partial charge in [0.15, 0.2) is 5.75 Å². The molecule has 6 nitrogen and oxygen atoms in total. The Morgan fingerprint density at radius 3 is 2.22 bits per heavy atom. The van der Waals surface area contributed by atoms with E-state index >= 15 is 0 Å². The van der Waals surface area contributed by atoms with Gasteiger partial charge in [0.25, 0.3) is 5.91 Å². The van der Waals surface area contributed by atoms with Crippen molar-refractivity contribution in [3.63, 3.8) is 0 Å². The van der Waals surface area contributed by atoms with Crippen LogP contribution in [0.5, 0.6) is 5.75 Å². The molecule has 0 bridgehead atoms. The number of anilines is 3. The molecular formula is C25H22N4O2S. The summed E-state index contributed by atoms with van der Waals surface area (Å²) in [7, 11) is 0. The number of hydrogen-bond donors (Lipinski definition) is 2. The van der Waals surface area contributed by atoms with Crippen LogP contribution >= 0.6 is 11.3 Å². The molecule has 4 rings (SSSR count). The summed E-state index contributed by atoms with van der Waals surface area (Å²) in [5.41, 5.74) is 9.27. The van der Waals surface area contributed by atoms with Gasteiger partial charge in [-0.25, -0.2) is 4.99 Å². The molecule has 0 fully saturated rings. The Balaban J connectivity index is 1.45. The molecule has 0 saturated heterocycles. The van der Waals surface area contributed by atoms with E-state index < -0.39 is 0 Å². The Hall–Kier alpha value is -4.10. The van der Waals surface area contributed by atoms with Gasteiger partial charge < -0.3 is 15.9 Å². The van der Waals surface area contributed by atoms with Gasteiger partial charge in [-0.3, -0.25) is 4.79 Å². The van der Waals surface area contributed by atoms with Crippen LogP contribution < -0.4 is 21.0 Å². The highest BCUT2D eigenvalue weighted by atomic mass is 32.1. The number of nitrogens with one attached hydrogen (secondary N) is 1. The summed E-state index contributed by atoms with van der Waals surface area (Å²) in [5, 5.41) is 6.52. The average Bonchev–Trinajstić information content (AvgIpc) is 3.35. The summed E-state index contributed by atoms with van der Waals surface area (Å²) < 4.78 is 0. The molecule has 1 amide bonds. The van der Waals surface area contributed by atoms with E-state index in [9.17, 15) is 4.79 Å². The summed E-state index contributed by atoms with van der Waals surface area (Å²) in [4.78, 5) is 23.4. The average molecular weight is 443 g/mol. The standard InChI is InChI=1S/C25H22N4O2S/c1-18(30)29(22-13-9-20(10-14-22)27-19-6-3-2-4-7-19)31-23-15-11-21(12-16-23)28-25(26)24-8-5-17-32-24/h2-17,27H,1H3,(H2,26,28). The number of thiophene rings is 1. The van der Waals surface area contributed by atoms with Gasteiger partial charge in [0.2, 0.25) is 0 Å². The number of amidine groups is 1. The molecule has 4 aromatic rings. The van der Waals surface area contributed by atoms with Gasteiger partial charge in [-0.1, -0.05) is 24.3 Å². The van der Waals surface area contributed by atoms with Crippen LogP contribution in [-0.2, 0) is 4.79 Å². The van der Waals surface area contributed by atoms with Gasteiger partial charge >= 0.3 is 0 Å². The van der Waals surface area contributed by atoms with E-state index in [-0.39, 0.29) is 5.91 Å². The zero-order chi connectivity index (χ0) is 22.3. The number of hydroxylamine groups is 1. The lowest BCUT2D eigenvalue weighted by Gasteiger charge is -2.21. The van der Waals surface area contributed by atoms with E-state index in [4.69, 9.17) is 10.6 Å². The molecule has 160 valence electrons. The first-order chi connectivity index (χ1) is 15.6. The van der Waals surface area contributed by atoms with Crippen LogP contribution in [0.15, 0.2) is 101 Å². The monoisotopic (exact) mass is 442 g/mol. The van der Waals surface area contributed by atoms with Crippen molar-refractivity contribution in [2.24, 2.45) is 10.7 Å². The lowest BCUT2D eigenvalue weighted by molar-refractivity contribution is -0.120. The van der Waals surface area contributed by atoms with Crippen LogP contribution in [0.1, 0.15) is 11.8 Å². The first-order valence-electron chi connectivity index (χ1n) is 9.97. The van der Waals surface area contributed by atoms with Crippen molar-refractivity contribution in [3.05, 3.63) is 101 Å². The van der Waals surface area contributed by atoms with Gasteiger partial charge in [-0.05, 0) is 72.1 Å². The highest BCUT2D eigenvalue weighted by Crippen LogP contribution is 2.25. The summed E-state index contributed by atoms with van der Waals surface area (Å²) in [6, 6.07) is 28.3. The van der Waals surface area contributed by atoms with Crippen molar-refractivity contribution < 1.29 is 9.63 Å². The van der Waals surface area contributed by atoms with Crippen molar-refractivity contribution in [1.29, 1.82) is 0 Å². The normalized spacial score (nSPS) is 11.1. The smallest absolute Gasteiger partial charge is 0.256 e. The largest absolute Gasteiger partial charge is 0.383 e. The fraction of sp³-hybridized carbons (Fsp3) is 0.0400. The molecule has 0 radical (unpaired) electrons. The van der Waals surface area contributed by atoms with Gasteiger partial charge in [0.05, 0.1) is 16.3 Å². The number of rotatable bonds is 7. The summed E-state index contributed by atoms with van der Waals surface area (Å²) in [6.07, 6.45) is 0. The molecule has 3 N–H and O–H groups in total. The van der Waals surface area contributed by atoms with Crippen molar-refractivity contribution >= 4 is 45.8 Å². The van der Waals surface area contributed by atoms with Gasteiger partial charge in [0.1, 0.15) is 5.84 Å². The third-order valence-corrected chi connectivity index (χ3v) is 5.40. The van der Waals surface area contributed by atoms with Crippen LogP contribution in [-0.4, -0.2) is 11.7 Å². The topological polar surface area (TPSA) is 80.0 Å². The molecule has 3 aromatic carbocycles. The van der Waals surface area contributed by atoms with Crippen molar-refractivity contribution in [2.45, 2.75) is 6.92 Å². The lowest BCUT2D eigenvalue weighted by atomic mass is 10.2.